The maximum atomic E-state index is 13.0. The number of hydrogen-bond donors (Lipinski definition) is 3. The van der Waals surface area contributed by atoms with Gasteiger partial charge in [-0.2, -0.15) is 0 Å². The minimum atomic E-state index is -4.84. The number of aryl methyl sites for hydroxylation is 1. The van der Waals surface area contributed by atoms with E-state index in [1.54, 1.807) is 6.08 Å². The minimum absolute atomic E-state index is 0.0982. The Morgan fingerprint density at radius 2 is 1.97 bits per heavy atom. The van der Waals surface area contributed by atoms with Gasteiger partial charge in [0.2, 0.25) is 0 Å². The molecule has 0 bridgehead atoms. The second-order valence-electron chi connectivity index (χ2n) is 7.73. The second-order valence-corrected chi connectivity index (χ2v) is 7.73. The van der Waals surface area contributed by atoms with E-state index >= 15 is 0 Å². The standard InChI is InChI=1S/C22H20F3N5O5/c23-22(24,25)35-14-8-6-13(7-9-14)30-20(33)16-4-1-3-15(16)19(28-30)27-17-11-26-12-29(21(17)34)10-2-5-18(31)32/h4,6-9,11-12,27-28H,1-3,5,10H2,(H,31,32). The number of amides is 1. The molecule has 0 saturated heterocycles. The fraction of sp³-hybridized carbons (Fsp3) is 0.273. The Morgan fingerprint density at radius 3 is 2.66 bits per heavy atom. The number of carboxylic acid groups (broad SMARTS) is 1. The van der Waals surface area contributed by atoms with E-state index in [1.807, 2.05) is 0 Å². The second kappa shape index (κ2) is 9.52. The highest BCUT2D eigenvalue weighted by Gasteiger charge is 2.34. The number of aliphatic carboxylic acids is 1. The number of nitrogens with zero attached hydrogens (tertiary/aromatic N) is 3. The molecule has 2 aliphatic rings. The molecule has 3 N–H and O–H groups in total. The van der Waals surface area contributed by atoms with Crippen molar-refractivity contribution in [1.29, 1.82) is 0 Å². The lowest BCUT2D eigenvalue weighted by Gasteiger charge is -2.32. The molecular formula is C22H20F3N5O5. The molecule has 0 spiro atoms. The van der Waals surface area contributed by atoms with Crippen LogP contribution in [-0.4, -0.2) is 32.9 Å². The topological polar surface area (TPSA) is 126 Å². The van der Waals surface area contributed by atoms with Crippen LogP contribution in [0.2, 0.25) is 0 Å². The van der Waals surface area contributed by atoms with E-state index in [-0.39, 0.29) is 30.8 Å². The number of aromatic nitrogens is 2. The van der Waals surface area contributed by atoms with Gasteiger partial charge in [-0.3, -0.25) is 24.4 Å². The number of carbonyl (C=O) groups is 2. The molecular weight excluding hydrogens is 471 g/mol. The Labute approximate surface area is 196 Å². The molecule has 1 aliphatic heterocycles. The molecule has 1 aliphatic carbocycles. The Morgan fingerprint density at radius 1 is 1.23 bits per heavy atom. The maximum Gasteiger partial charge on any atom is 0.573 e. The number of benzene rings is 1. The largest absolute Gasteiger partial charge is 0.573 e. The van der Waals surface area contributed by atoms with E-state index in [2.05, 4.69) is 20.5 Å². The maximum absolute atomic E-state index is 13.0. The van der Waals surface area contributed by atoms with Crippen molar-refractivity contribution in [2.45, 2.75) is 38.6 Å². The summed E-state index contributed by atoms with van der Waals surface area (Å²) >= 11 is 0. The van der Waals surface area contributed by atoms with Gasteiger partial charge in [-0.05, 0) is 43.5 Å². The summed E-state index contributed by atoms with van der Waals surface area (Å²) in [5.74, 6) is -1.45. The van der Waals surface area contributed by atoms with Crippen molar-refractivity contribution in [3.05, 3.63) is 70.2 Å². The van der Waals surface area contributed by atoms with Crippen molar-refractivity contribution >= 4 is 23.3 Å². The molecule has 1 aromatic carbocycles. The average Bonchev–Trinajstić information content (AvgIpc) is 3.28. The number of anilines is 2. The number of fused-ring (bicyclic) bond motifs is 1. The van der Waals surface area contributed by atoms with E-state index in [0.717, 1.165) is 17.1 Å². The molecule has 2 heterocycles. The molecule has 0 saturated carbocycles. The lowest BCUT2D eigenvalue weighted by molar-refractivity contribution is -0.274. The van der Waals surface area contributed by atoms with Gasteiger partial charge in [0.15, 0.2) is 0 Å². The van der Waals surface area contributed by atoms with Crippen LogP contribution >= 0.6 is 0 Å². The van der Waals surface area contributed by atoms with Crippen molar-refractivity contribution in [3.63, 3.8) is 0 Å². The average molecular weight is 491 g/mol. The first-order chi connectivity index (χ1) is 16.6. The first-order valence-corrected chi connectivity index (χ1v) is 10.6. The van der Waals surface area contributed by atoms with Crippen LogP contribution in [0.25, 0.3) is 0 Å². The molecule has 0 unspecified atom stereocenters. The van der Waals surface area contributed by atoms with Crippen LogP contribution in [0, 0.1) is 0 Å². The first kappa shape index (κ1) is 23.9. The highest BCUT2D eigenvalue weighted by atomic mass is 19.4. The summed E-state index contributed by atoms with van der Waals surface area (Å²) in [7, 11) is 0. The summed E-state index contributed by atoms with van der Waals surface area (Å²) in [5, 5.41) is 12.9. The number of carboxylic acids is 1. The van der Waals surface area contributed by atoms with Gasteiger partial charge in [0.25, 0.3) is 11.5 Å². The van der Waals surface area contributed by atoms with Gasteiger partial charge in [-0.25, -0.2) is 9.99 Å². The van der Waals surface area contributed by atoms with Crippen LogP contribution in [-0.2, 0) is 16.1 Å². The molecule has 1 amide bonds. The van der Waals surface area contributed by atoms with Crippen LogP contribution in [0.5, 0.6) is 5.75 Å². The number of alkyl halides is 3. The smallest absolute Gasteiger partial charge is 0.481 e. The van der Waals surface area contributed by atoms with Crippen molar-refractivity contribution in [3.8, 4) is 5.75 Å². The van der Waals surface area contributed by atoms with Gasteiger partial charge in [0.1, 0.15) is 17.3 Å². The zero-order valence-electron chi connectivity index (χ0n) is 18.1. The number of halogens is 3. The van der Waals surface area contributed by atoms with Crippen LogP contribution < -0.4 is 26.0 Å². The molecule has 0 fully saturated rings. The molecule has 184 valence electrons. The van der Waals surface area contributed by atoms with Gasteiger partial charge in [-0.15, -0.1) is 13.2 Å². The van der Waals surface area contributed by atoms with E-state index in [4.69, 9.17) is 5.11 Å². The first-order valence-electron chi connectivity index (χ1n) is 10.6. The Kier molecular flexibility index (Phi) is 6.49. The van der Waals surface area contributed by atoms with E-state index < -0.39 is 29.5 Å². The minimum Gasteiger partial charge on any atom is -0.481 e. The van der Waals surface area contributed by atoms with Crippen LogP contribution in [0.15, 0.2) is 64.6 Å². The van der Waals surface area contributed by atoms with E-state index in [0.29, 0.717) is 29.8 Å². The molecule has 1 aromatic heterocycles. The molecule has 0 radical (unpaired) electrons. The fourth-order valence-electron chi connectivity index (χ4n) is 3.76. The number of ether oxygens (including phenoxy) is 1. The number of carbonyl (C=O) groups excluding carboxylic acids is 1. The zero-order chi connectivity index (χ0) is 25.2. The van der Waals surface area contributed by atoms with Gasteiger partial charge >= 0.3 is 12.3 Å². The predicted molar refractivity (Wildman–Crippen MR) is 117 cm³/mol. The number of allylic oxidation sites excluding steroid dienone is 1. The number of nitrogens with one attached hydrogen (secondary N) is 2. The van der Waals surface area contributed by atoms with Gasteiger partial charge < -0.3 is 15.2 Å². The third-order valence-corrected chi connectivity index (χ3v) is 5.31. The normalized spacial score (nSPS) is 15.5. The summed E-state index contributed by atoms with van der Waals surface area (Å²) in [4.78, 5) is 40.6. The Bertz CT molecular complexity index is 1270. The third kappa shape index (κ3) is 5.45. The number of rotatable bonds is 8. The van der Waals surface area contributed by atoms with E-state index in [1.165, 1.54) is 29.2 Å². The highest BCUT2D eigenvalue weighted by Crippen LogP contribution is 2.34. The van der Waals surface area contributed by atoms with Crippen molar-refractivity contribution in [1.82, 2.24) is 15.0 Å². The van der Waals surface area contributed by atoms with Gasteiger partial charge in [0.05, 0.1) is 18.2 Å². The summed E-state index contributed by atoms with van der Waals surface area (Å²) in [5.41, 5.74) is 3.90. The summed E-state index contributed by atoms with van der Waals surface area (Å²) in [6, 6.07) is 4.77. The monoisotopic (exact) mass is 491 g/mol. The zero-order valence-corrected chi connectivity index (χ0v) is 18.1. The molecule has 0 atom stereocenters. The highest BCUT2D eigenvalue weighted by molar-refractivity contribution is 6.10. The Balaban J connectivity index is 1.58. The lowest BCUT2D eigenvalue weighted by Crippen LogP contribution is -2.49. The van der Waals surface area contributed by atoms with Gasteiger partial charge in [-0.1, -0.05) is 6.08 Å². The molecule has 35 heavy (non-hydrogen) atoms. The lowest BCUT2D eigenvalue weighted by atomic mass is 10.1. The van der Waals surface area contributed by atoms with Crippen LogP contribution in [0.1, 0.15) is 25.7 Å². The Hall–Kier alpha value is -4.29. The number of hydrogen-bond acceptors (Lipinski definition) is 7. The van der Waals surface area contributed by atoms with Gasteiger partial charge in [0, 0.05) is 24.1 Å². The summed E-state index contributed by atoms with van der Waals surface area (Å²) in [6.07, 6.45) is 0.818. The van der Waals surface area contributed by atoms with Crippen molar-refractivity contribution in [2.24, 2.45) is 0 Å². The molecule has 13 heteroatoms. The van der Waals surface area contributed by atoms with Crippen molar-refractivity contribution < 1.29 is 32.6 Å². The summed E-state index contributed by atoms with van der Waals surface area (Å²) < 4.78 is 42.5. The van der Waals surface area contributed by atoms with Crippen LogP contribution in [0.3, 0.4) is 0 Å². The molecule has 4 rings (SSSR count). The summed E-state index contributed by atoms with van der Waals surface area (Å²) in [6.45, 7) is 0.162. The van der Waals surface area contributed by atoms with Crippen LogP contribution in [0.4, 0.5) is 24.5 Å². The van der Waals surface area contributed by atoms with Crippen molar-refractivity contribution in [2.75, 3.05) is 10.3 Å². The number of hydrazine groups is 1. The van der Waals surface area contributed by atoms with E-state index in [9.17, 15) is 27.6 Å². The fourth-order valence-corrected chi connectivity index (χ4v) is 3.76. The quantitative estimate of drug-likeness (QED) is 0.515. The SMILES string of the molecule is O=C(O)CCCn1cncc(NC2=C3CCC=C3C(=O)N(c3ccc(OC(F)(F)F)cc3)N2)c1=O. The molecule has 2 aromatic rings. The predicted octanol–water partition coefficient (Wildman–Crippen LogP) is 2.90. The molecule has 10 nitrogen and oxygen atoms in total. The third-order valence-electron chi connectivity index (χ3n) is 5.31.